The molecule has 0 fully saturated rings. The van der Waals surface area contributed by atoms with Crippen molar-refractivity contribution in [2.24, 2.45) is 7.05 Å². The lowest BCUT2D eigenvalue weighted by Crippen LogP contribution is -2.25. The van der Waals surface area contributed by atoms with Gasteiger partial charge >= 0.3 is 0 Å². The Hall–Kier alpha value is -2.11. The number of nitrogens with one attached hydrogen (secondary N) is 2. The number of nitrogens with zero attached hydrogens (tertiary/aromatic N) is 3. The summed E-state index contributed by atoms with van der Waals surface area (Å²) in [7, 11) is 1.94. The number of rotatable bonds is 5. The number of aromatic amines is 1. The Labute approximate surface area is 105 Å². The molecule has 0 aliphatic heterocycles. The third-order valence-corrected chi connectivity index (χ3v) is 2.70. The molecule has 0 aromatic carbocycles. The molecule has 0 atom stereocenters. The van der Waals surface area contributed by atoms with Crippen molar-refractivity contribution < 1.29 is 4.79 Å². The van der Waals surface area contributed by atoms with Gasteiger partial charge in [-0.05, 0) is 18.6 Å². The van der Waals surface area contributed by atoms with Gasteiger partial charge < -0.3 is 9.88 Å². The van der Waals surface area contributed by atoms with Gasteiger partial charge in [-0.25, -0.2) is 4.98 Å². The lowest BCUT2D eigenvalue weighted by Gasteiger charge is -2.03. The van der Waals surface area contributed by atoms with Crippen LogP contribution < -0.4 is 5.32 Å². The molecule has 6 heteroatoms. The Kier molecular flexibility index (Phi) is 3.76. The highest BCUT2D eigenvalue weighted by molar-refractivity contribution is 5.90. The molecule has 0 saturated carbocycles. The second kappa shape index (κ2) is 5.48. The maximum Gasteiger partial charge on any atom is 0.291 e. The van der Waals surface area contributed by atoms with E-state index >= 15 is 0 Å². The number of aromatic nitrogens is 4. The minimum absolute atomic E-state index is 0.202. The zero-order valence-electron chi connectivity index (χ0n) is 10.6. The molecule has 0 aliphatic carbocycles. The summed E-state index contributed by atoms with van der Waals surface area (Å²) in [5, 5.41) is 9.46. The van der Waals surface area contributed by atoms with Crippen LogP contribution in [0.15, 0.2) is 18.3 Å². The van der Waals surface area contributed by atoms with Gasteiger partial charge in [-0.15, -0.1) is 5.10 Å². The van der Waals surface area contributed by atoms with E-state index in [1.165, 1.54) is 0 Å². The van der Waals surface area contributed by atoms with E-state index in [1.807, 2.05) is 29.9 Å². The smallest absolute Gasteiger partial charge is 0.291 e. The van der Waals surface area contributed by atoms with Crippen LogP contribution in [0.5, 0.6) is 0 Å². The third kappa shape index (κ3) is 2.77. The first kappa shape index (κ1) is 12.3. The van der Waals surface area contributed by atoms with Crippen LogP contribution in [-0.2, 0) is 20.0 Å². The monoisotopic (exact) mass is 247 g/mol. The van der Waals surface area contributed by atoms with Gasteiger partial charge in [0.05, 0.1) is 6.54 Å². The minimum Gasteiger partial charge on any atom is -0.353 e. The maximum absolute atomic E-state index is 11.8. The van der Waals surface area contributed by atoms with Crippen molar-refractivity contribution in [2.45, 2.75) is 26.3 Å². The molecule has 96 valence electrons. The molecule has 2 heterocycles. The fraction of sp³-hybridized carbons (Fsp3) is 0.417. The summed E-state index contributed by atoms with van der Waals surface area (Å²) in [5.41, 5.74) is 1.03. The van der Waals surface area contributed by atoms with Gasteiger partial charge in [0.2, 0.25) is 5.82 Å². The first-order chi connectivity index (χ1) is 8.70. The van der Waals surface area contributed by atoms with Crippen LogP contribution >= 0.6 is 0 Å². The topological polar surface area (TPSA) is 75.6 Å². The highest BCUT2D eigenvalue weighted by Crippen LogP contribution is 2.00. The lowest BCUT2D eigenvalue weighted by molar-refractivity contribution is 0.0940. The number of H-pyrrole nitrogens is 1. The maximum atomic E-state index is 11.8. The molecular formula is C12H17N5O. The first-order valence-corrected chi connectivity index (χ1v) is 6.00. The van der Waals surface area contributed by atoms with Gasteiger partial charge in [-0.3, -0.25) is 9.89 Å². The molecule has 0 spiro atoms. The van der Waals surface area contributed by atoms with E-state index in [2.05, 4.69) is 27.4 Å². The van der Waals surface area contributed by atoms with E-state index in [4.69, 9.17) is 0 Å². The molecule has 6 nitrogen and oxygen atoms in total. The fourth-order valence-electron chi connectivity index (χ4n) is 1.68. The summed E-state index contributed by atoms with van der Waals surface area (Å²) in [4.78, 5) is 15.9. The van der Waals surface area contributed by atoms with E-state index < -0.39 is 0 Å². The zero-order chi connectivity index (χ0) is 13.0. The van der Waals surface area contributed by atoms with Crippen molar-refractivity contribution in [1.29, 1.82) is 0 Å². The van der Waals surface area contributed by atoms with Crippen LogP contribution in [0.4, 0.5) is 0 Å². The fourth-order valence-corrected chi connectivity index (χ4v) is 1.68. The summed E-state index contributed by atoms with van der Waals surface area (Å²) in [5.74, 6) is 0.698. The second-order valence-corrected chi connectivity index (χ2v) is 4.15. The van der Waals surface area contributed by atoms with Crippen LogP contribution in [0.3, 0.4) is 0 Å². The largest absolute Gasteiger partial charge is 0.353 e. The summed E-state index contributed by atoms with van der Waals surface area (Å²) in [6.45, 7) is 2.53. The molecule has 0 aliphatic rings. The predicted octanol–water partition coefficient (Wildman–Crippen LogP) is 1.03. The standard InChI is InChI=1S/C12H17N5O/c1-3-5-10-14-11(16-15-10)12(18)13-8-9-6-4-7-17(9)2/h4,6-7H,3,5,8H2,1-2H3,(H,13,18)(H,14,15,16). The molecule has 2 N–H and O–H groups in total. The quantitative estimate of drug-likeness (QED) is 0.828. The van der Waals surface area contributed by atoms with Gasteiger partial charge in [-0.1, -0.05) is 6.92 Å². The normalized spacial score (nSPS) is 10.6. The molecule has 2 aromatic rings. The molecule has 1 amide bonds. The lowest BCUT2D eigenvalue weighted by atomic mass is 10.3. The highest BCUT2D eigenvalue weighted by atomic mass is 16.2. The van der Waals surface area contributed by atoms with Gasteiger partial charge in [0.15, 0.2) is 0 Å². The average Bonchev–Trinajstić information content (AvgIpc) is 2.96. The number of hydrogen-bond donors (Lipinski definition) is 2. The van der Waals surface area contributed by atoms with E-state index in [0.29, 0.717) is 6.54 Å². The molecule has 2 rings (SSSR count). The number of carbonyl (C=O) groups is 1. The van der Waals surface area contributed by atoms with E-state index in [0.717, 1.165) is 24.4 Å². The molecule has 0 saturated heterocycles. The van der Waals surface area contributed by atoms with E-state index in [-0.39, 0.29) is 11.7 Å². The van der Waals surface area contributed by atoms with Crippen LogP contribution in [0, 0.1) is 0 Å². The number of aryl methyl sites for hydroxylation is 2. The molecular weight excluding hydrogens is 230 g/mol. The zero-order valence-corrected chi connectivity index (χ0v) is 10.6. The van der Waals surface area contributed by atoms with Crippen molar-refractivity contribution in [1.82, 2.24) is 25.1 Å². The van der Waals surface area contributed by atoms with Crippen molar-refractivity contribution in [2.75, 3.05) is 0 Å². The summed E-state index contributed by atoms with van der Waals surface area (Å²) in [6.07, 6.45) is 3.71. The minimum atomic E-state index is -0.255. The Balaban J connectivity index is 1.93. The summed E-state index contributed by atoms with van der Waals surface area (Å²) in [6, 6.07) is 3.90. The van der Waals surface area contributed by atoms with Gasteiger partial charge in [0, 0.05) is 25.4 Å². The summed E-state index contributed by atoms with van der Waals surface area (Å²) < 4.78 is 1.96. The van der Waals surface area contributed by atoms with E-state index in [9.17, 15) is 4.79 Å². The van der Waals surface area contributed by atoms with Gasteiger partial charge in [-0.2, -0.15) is 0 Å². The van der Waals surface area contributed by atoms with Crippen molar-refractivity contribution in [3.05, 3.63) is 35.7 Å². The Morgan fingerprint density at radius 1 is 1.56 bits per heavy atom. The van der Waals surface area contributed by atoms with E-state index in [1.54, 1.807) is 0 Å². The average molecular weight is 247 g/mol. The summed E-state index contributed by atoms with van der Waals surface area (Å²) >= 11 is 0. The highest BCUT2D eigenvalue weighted by Gasteiger charge is 2.12. The van der Waals surface area contributed by atoms with Crippen LogP contribution in [0.25, 0.3) is 0 Å². The first-order valence-electron chi connectivity index (χ1n) is 6.00. The third-order valence-electron chi connectivity index (χ3n) is 2.70. The van der Waals surface area contributed by atoms with Crippen molar-refractivity contribution >= 4 is 5.91 Å². The van der Waals surface area contributed by atoms with Crippen LogP contribution in [0.1, 0.15) is 35.5 Å². The Morgan fingerprint density at radius 2 is 2.39 bits per heavy atom. The number of hydrogen-bond acceptors (Lipinski definition) is 3. The molecule has 18 heavy (non-hydrogen) atoms. The Morgan fingerprint density at radius 3 is 3.06 bits per heavy atom. The van der Waals surface area contributed by atoms with Crippen LogP contribution in [-0.4, -0.2) is 25.7 Å². The van der Waals surface area contributed by atoms with Gasteiger partial charge in [0.1, 0.15) is 5.82 Å². The predicted molar refractivity (Wildman–Crippen MR) is 67.0 cm³/mol. The van der Waals surface area contributed by atoms with Gasteiger partial charge in [0.25, 0.3) is 5.91 Å². The second-order valence-electron chi connectivity index (χ2n) is 4.15. The Bertz CT molecular complexity index is 528. The van der Waals surface area contributed by atoms with Crippen LogP contribution in [0.2, 0.25) is 0 Å². The molecule has 0 bridgehead atoms. The number of amides is 1. The molecule has 0 unspecified atom stereocenters. The van der Waals surface area contributed by atoms with Crippen molar-refractivity contribution in [3.63, 3.8) is 0 Å². The van der Waals surface area contributed by atoms with Crippen molar-refractivity contribution in [3.8, 4) is 0 Å². The molecule has 0 radical (unpaired) electrons. The number of carbonyl (C=O) groups excluding carboxylic acids is 1. The SMILES string of the molecule is CCCc1nc(C(=O)NCc2cccn2C)n[nH]1. The molecule has 2 aromatic heterocycles.